The van der Waals surface area contributed by atoms with Gasteiger partial charge in [-0.15, -0.1) is 0 Å². The van der Waals surface area contributed by atoms with Crippen LogP contribution < -0.4 is 10.6 Å². The van der Waals surface area contributed by atoms with Crippen LogP contribution in [-0.2, 0) is 28.7 Å². The molecule has 0 saturated carbocycles. The average molecular weight is 490 g/mol. The molecule has 1 fully saturated rings. The summed E-state index contributed by atoms with van der Waals surface area (Å²) in [5.74, 6) is -0.772. The Morgan fingerprint density at radius 3 is 2.03 bits per heavy atom. The van der Waals surface area contributed by atoms with Crippen LogP contribution in [0.1, 0.15) is 46.5 Å². The summed E-state index contributed by atoms with van der Waals surface area (Å²) < 4.78 is 10.7. The molecule has 12 nitrogen and oxygen atoms in total. The minimum atomic E-state index is -1.43. The van der Waals surface area contributed by atoms with Gasteiger partial charge in [-0.3, -0.25) is 19.3 Å². The summed E-state index contributed by atoms with van der Waals surface area (Å²) in [6.07, 6.45) is -3.08. The smallest absolute Gasteiger partial charge is 0.234 e. The van der Waals surface area contributed by atoms with Crippen molar-refractivity contribution in [2.45, 2.75) is 77.2 Å². The SMILES string of the molecule is CC(=O)CCCCCNC(=O)CN(CC(C)=O)CC(=O)NCCO[C@@H]1O[C@@H](C)[C@@H](O)[C@@H](O)[C@@H]1O. The summed E-state index contributed by atoms with van der Waals surface area (Å²) in [6.45, 7) is 4.59. The maximum atomic E-state index is 12.2. The Hall–Kier alpha value is -1.96. The van der Waals surface area contributed by atoms with E-state index in [0.717, 1.165) is 19.3 Å². The Balaban J connectivity index is 2.32. The van der Waals surface area contributed by atoms with Crippen molar-refractivity contribution in [2.75, 3.05) is 39.3 Å². The first-order chi connectivity index (χ1) is 16.0. The molecule has 0 radical (unpaired) electrons. The number of nitrogens with one attached hydrogen (secondary N) is 2. The van der Waals surface area contributed by atoms with Gasteiger partial charge in [-0.05, 0) is 33.6 Å². The third-order valence-electron chi connectivity index (χ3n) is 5.22. The van der Waals surface area contributed by atoms with Gasteiger partial charge in [0.25, 0.3) is 0 Å². The molecule has 1 saturated heterocycles. The van der Waals surface area contributed by atoms with Crippen molar-refractivity contribution in [3.8, 4) is 0 Å². The molecule has 1 rings (SSSR count). The second-order valence-electron chi connectivity index (χ2n) is 8.61. The van der Waals surface area contributed by atoms with E-state index in [1.807, 2.05) is 0 Å². The molecule has 0 aromatic rings. The third kappa shape index (κ3) is 12.0. The summed E-state index contributed by atoms with van der Waals surface area (Å²) in [5, 5.41) is 34.7. The molecule has 0 bridgehead atoms. The zero-order valence-electron chi connectivity index (χ0n) is 20.2. The molecule has 1 aliphatic heterocycles. The molecule has 5 atom stereocenters. The second-order valence-corrected chi connectivity index (χ2v) is 8.61. The van der Waals surface area contributed by atoms with Crippen LogP contribution in [-0.4, -0.2) is 114 Å². The van der Waals surface area contributed by atoms with Gasteiger partial charge < -0.3 is 40.2 Å². The quantitative estimate of drug-likeness (QED) is 0.154. The molecule has 0 unspecified atom stereocenters. The highest BCUT2D eigenvalue weighted by Crippen LogP contribution is 2.21. The van der Waals surface area contributed by atoms with E-state index in [1.165, 1.54) is 18.7 Å². The van der Waals surface area contributed by atoms with Crippen molar-refractivity contribution in [2.24, 2.45) is 0 Å². The van der Waals surface area contributed by atoms with E-state index in [2.05, 4.69) is 10.6 Å². The number of carbonyl (C=O) groups excluding carboxylic acids is 4. The highest BCUT2D eigenvalue weighted by Gasteiger charge is 2.42. The highest BCUT2D eigenvalue weighted by molar-refractivity contribution is 5.83. The van der Waals surface area contributed by atoms with Crippen molar-refractivity contribution in [1.29, 1.82) is 0 Å². The van der Waals surface area contributed by atoms with Gasteiger partial charge in [-0.25, -0.2) is 0 Å². The molecule has 12 heteroatoms. The first-order valence-electron chi connectivity index (χ1n) is 11.6. The molecule has 5 N–H and O–H groups in total. The van der Waals surface area contributed by atoms with E-state index in [0.29, 0.717) is 13.0 Å². The van der Waals surface area contributed by atoms with Crippen LogP contribution >= 0.6 is 0 Å². The number of Topliss-reactive ketones (excluding diaryl/α,β-unsaturated/α-hetero) is 2. The van der Waals surface area contributed by atoms with Crippen LogP contribution in [0.5, 0.6) is 0 Å². The topological polar surface area (TPSA) is 175 Å². The average Bonchev–Trinajstić information content (AvgIpc) is 2.74. The molecule has 1 heterocycles. The van der Waals surface area contributed by atoms with Gasteiger partial charge in [0.2, 0.25) is 11.8 Å². The zero-order valence-corrected chi connectivity index (χ0v) is 20.2. The number of ether oxygens (including phenoxy) is 2. The van der Waals surface area contributed by atoms with Crippen molar-refractivity contribution in [3.63, 3.8) is 0 Å². The van der Waals surface area contributed by atoms with E-state index >= 15 is 0 Å². The van der Waals surface area contributed by atoms with Crippen LogP contribution in [0.4, 0.5) is 0 Å². The number of rotatable bonds is 16. The summed E-state index contributed by atoms with van der Waals surface area (Å²) in [6, 6.07) is 0. The Bertz CT molecular complexity index is 676. The third-order valence-corrected chi connectivity index (χ3v) is 5.22. The van der Waals surface area contributed by atoms with Crippen LogP contribution in [0.25, 0.3) is 0 Å². The summed E-state index contributed by atoms with van der Waals surface area (Å²) in [7, 11) is 0. The van der Waals surface area contributed by atoms with Crippen molar-refractivity contribution in [3.05, 3.63) is 0 Å². The minimum absolute atomic E-state index is 0.0280. The molecule has 34 heavy (non-hydrogen) atoms. The van der Waals surface area contributed by atoms with Crippen LogP contribution in [0.2, 0.25) is 0 Å². The lowest BCUT2D eigenvalue weighted by molar-refractivity contribution is -0.292. The van der Waals surface area contributed by atoms with E-state index < -0.39 is 36.6 Å². The molecule has 2 amide bonds. The monoisotopic (exact) mass is 489 g/mol. The fourth-order valence-corrected chi connectivity index (χ4v) is 3.42. The number of aliphatic hydroxyl groups excluding tert-OH is 3. The van der Waals surface area contributed by atoms with Crippen molar-refractivity contribution < 1.29 is 44.0 Å². The minimum Gasteiger partial charge on any atom is -0.388 e. The lowest BCUT2D eigenvalue weighted by Gasteiger charge is -2.38. The van der Waals surface area contributed by atoms with E-state index in [-0.39, 0.29) is 50.3 Å². The maximum Gasteiger partial charge on any atom is 0.234 e. The summed E-state index contributed by atoms with van der Waals surface area (Å²) >= 11 is 0. The molecular weight excluding hydrogens is 450 g/mol. The molecule has 0 aliphatic carbocycles. The largest absolute Gasteiger partial charge is 0.388 e. The lowest BCUT2D eigenvalue weighted by Crippen LogP contribution is -2.57. The molecule has 0 aromatic heterocycles. The Morgan fingerprint density at radius 1 is 0.824 bits per heavy atom. The molecule has 196 valence electrons. The fraction of sp³-hybridized carbons (Fsp3) is 0.818. The summed E-state index contributed by atoms with van der Waals surface area (Å²) in [4.78, 5) is 48.2. The number of carbonyl (C=O) groups is 4. The molecule has 1 aliphatic rings. The van der Waals surface area contributed by atoms with Gasteiger partial charge in [0.15, 0.2) is 6.29 Å². The van der Waals surface area contributed by atoms with Gasteiger partial charge in [0, 0.05) is 19.5 Å². The number of amides is 2. The standard InChI is InChI=1S/C22H39N3O9/c1-14(26)7-5-4-6-8-23-17(28)12-25(11-15(2)27)13-18(29)24-9-10-33-22-21(32)20(31)19(30)16(3)34-22/h16,19-22,30-32H,4-13H2,1-3H3,(H,23,28)(H,24,29)/t16-,19+,20+,21-,22+/m0/s1. The first-order valence-corrected chi connectivity index (χ1v) is 11.6. The normalized spacial score (nSPS) is 24.6. The van der Waals surface area contributed by atoms with Crippen molar-refractivity contribution in [1.82, 2.24) is 15.5 Å². The van der Waals surface area contributed by atoms with Gasteiger partial charge in [0.05, 0.1) is 32.3 Å². The Morgan fingerprint density at radius 2 is 1.44 bits per heavy atom. The van der Waals surface area contributed by atoms with E-state index in [9.17, 15) is 34.5 Å². The zero-order chi connectivity index (χ0) is 25.7. The second kappa shape index (κ2) is 15.8. The van der Waals surface area contributed by atoms with Gasteiger partial charge in [0.1, 0.15) is 29.9 Å². The number of hydrogen-bond acceptors (Lipinski definition) is 10. The first kappa shape index (κ1) is 30.1. The van der Waals surface area contributed by atoms with Crippen LogP contribution in [0, 0.1) is 0 Å². The number of hydrogen-bond donors (Lipinski definition) is 5. The van der Waals surface area contributed by atoms with E-state index in [1.54, 1.807) is 6.92 Å². The van der Waals surface area contributed by atoms with Gasteiger partial charge in [-0.2, -0.15) is 0 Å². The number of unbranched alkanes of at least 4 members (excludes halogenated alkanes) is 2. The lowest BCUT2D eigenvalue weighted by atomic mass is 10.0. The molecular formula is C22H39N3O9. The Kier molecular flexibility index (Phi) is 14.0. The maximum absolute atomic E-state index is 12.2. The predicted molar refractivity (Wildman–Crippen MR) is 121 cm³/mol. The number of ketones is 2. The fourth-order valence-electron chi connectivity index (χ4n) is 3.42. The Labute approximate surface area is 200 Å². The van der Waals surface area contributed by atoms with E-state index in [4.69, 9.17) is 9.47 Å². The number of aliphatic hydroxyl groups is 3. The summed E-state index contributed by atoms with van der Waals surface area (Å²) in [5.41, 5.74) is 0. The van der Waals surface area contributed by atoms with Crippen molar-refractivity contribution >= 4 is 23.4 Å². The van der Waals surface area contributed by atoms with Crippen LogP contribution in [0.3, 0.4) is 0 Å². The predicted octanol–water partition coefficient (Wildman–Crippen LogP) is -1.90. The van der Waals surface area contributed by atoms with Gasteiger partial charge in [-0.1, -0.05) is 6.42 Å². The number of nitrogens with zero attached hydrogens (tertiary/aromatic N) is 1. The van der Waals surface area contributed by atoms with Crippen LogP contribution in [0.15, 0.2) is 0 Å². The molecule has 0 aromatic carbocycles. The highest BCUT2D eigenvalue weighted by atomic mass is 16.7. The molecule has 0 spiro atoms. The van der Waals surface area contributed by atoms with Gasteiger partial charge >= 0.3 is 0 Å².